The van der Waals surface area contributed by atoms with Crippen LogP contribution in [0, 0.1) is 0 Å². The van der Waals surface area contributed by atoms with Crippen molar-refractivity contribution in [2.75, 3.05) is 25.0 Å². The number of rotatable bonds is 6. The Morgan fingerprint density at radius 2 is 1.90 bits per heavy atom. The molecule has 1 aliphatic heterocycles. The molecule has 1 amide bonds. The lowest BCUT2D eigenvalue weighted by Gasteiger charge is -2.20. The van der Waals surface area contributed by atoms with Gasteiger partial charge in [-0.05, 0) is 31.0 Å². The molecule has 0 radical (unpaired) electrons. The molecule has 0 unspecified atom stereocenters. The number of nitrogens with zero attached hydrogens (tertiary/aromatic N) is 3. The van der Waals surface area contributed by atoms with E-state index in [-0.39, 0.29) is 21.2 Å². The van der Waals surface area contributed by atoms with E-state index in [1.54, 1.807) is 7.05 Å². The number of hydrogen-bond donors (Lipinski definition) is 1. The number of carbonyl (C=O) groups excluding carboxylic acids is 2. The van der Waals surface area contributed by atoms with Gasteiger partial charge < -0.3 is 10.1 Å². The van der Waals surface area contributed by atoms with Crippen LogP contribution in [0.15, 0.2) is 35.5 Å². The lowest BCUT2D eigenvalue weighted by Crippen LogP contribution is -2.32. The third kappa shape index (κ3) is 5.38. The minimum absolute atomic E-state index is 0.0523. The number of halogens is 1. The summed E-state index contributed by atoms with van der Waals surface area (Å²) in [5, 5.41) is 6.53. The Hall–Kier alpha value is -2.43. The van der Waals surface area contributed by atoms with Crippen LogP contribution in [0.5, 0.6) is 0 Å². The first kappa shape index (κ1) is 22.3. The van der Waals surface area contributed by atoms with Gasteiger partial charge in [0.2, 0.25) is 10.0 Å². The molecule has 0 aliphatic carbocycles. The van der Waals surface area contributed by atoms with Crippen LogP contribution < -0.4 is 5.32 Å². The first-order valence-corrected chi connectivity index (χ1v) is 11.3. The average molecular weight is 455 g/mol. The molecule has 11 heteroatoms. The molecule has 1 aliphatic rings. The van der Waals surface area contributed by atoms with Crippen LogP contribution in [0.25, 0.3) is 0 Å². The highest BCUT2D eigenvalue weighted by molar-refractivity contribution is 7.89. The van der Waals surface area contributed by atoms with Gasteiger partial charge in [-0.15, -0.1) is 0 Å². The molecule has 1 aromatic heterocycles. The van der Waals surface area contributed by atoms with E-state index in [4.69, 9.17) is 16.3 Å². The van der Waals surface area contributed by atoms with Gasteiger partial charge in [0.1, 0.15) is 0 Å². The molecular weight excluding hydrogens is 432 g/mol. The van der Waals surface area contributed by atoms with Crippen molar-refractivity contribution in [2.45, 2.75) is 30.6 Å². The Bertz CT molecular complexity index is 1030. The largest absolute Gasteiger partial charge is 0.452 e. The first-order chi connectivity index (χ1) is 14.3. The lowest BCUT2D eigenvalue weighted by atomic mass is 10.2. The summed E-state index contributed by atoms with van der Waals surface area (Å²) in [6.45, 7) is 0.390. The Morgan fingerprint density at radius 1 is 1.20 bits per heavy atom. The topological polar surface area (TPSA) is 111 Å². The quantitative estimate of drug-likeness (QED) is 0.671. The molecule has 0 spiro atoms. The number of benzene rings is 1. The van der Waals surface area contributed by atoms with Gasteiger partial charge in [0.15, 0.2) is 6.61 Å². The second-order valence-electron chi connectivity index (χ2n) is 6.99. The monoisotopic (exact) mass is 454 g/mol. The maximum Gasteiger partial charge on any atom is 0.341 e. The van der Waals surface area contributed by atoms with E-state index in [2.05, 4.69) is 10.4 Å². The number of ether oxygens (including phenoxy) is 1. The van der Waals surface area contributed by atoms with Crippen LogP contribution in [-0.2, 0) is 26.6 Å². The van der Waals surface area contributed by atoms with Crippen LogP contribution in [0.3, 0.4) is 0 Å². The summed E-state index contributed by atoms with van der Waals surface area (Å²) in [7, 11) is -2.04. The van der Waals surface area contributed by atoms with Crippen molar-refractivity contribution in [3.63, 3.8) is 0 Å². The molecule has 1 aromatic carbocycles. The van der Waals surface area contributed by atoms with Crippen LogP contribution in [0.1, 0.15) is 36.0 Å². The van der Waals surface area contributed by atoms with E-state index in [0.29, 0.717) is 13.1 Å². The van der Waals surface area contributed by atoms with Crippen molar-refractivity contribution in [1.82, 2.24) is 14.1 Å². The average Bonchev–Trinajstić information content (AvgIpc) is 2.97. The molecular formula is C19H23ClN4O5S. The van der Waals surface area contributed by atoms with Crippen LogP contribution in [-0.4, -0.2) is 54.1 Å². The second-order valence-corrected chi connectivity index (χ2v) is 9.33. The molecule has 3 rings (SSSR count). The molecule has 0 atom stereocenters. The Balaban J connectivity index is 1.67. The molecule has 9 nitrogen and oxygen atoms in total. The van der Waals surface area contributed by atoms with Crippen LogP contribution in [0.4, 0.5) is 5.69 Å². The number of aryl methyl sites for hydroxylation is 1. The number of carbonyl (C=O) groups is 2. The van der Waals surface area contributed by atoms with Gasteiger partial charge in [0, 0.05) is 26.3 Å². The molecule has 1 N–H and O–H groups in total. The first-order valence-electron chi connectivity index (χ1n) is 9.53. The summed E-state index contributed by atoms with van der Waals surface area (Å²) in [5.74, 6) is -1.33. The minimum Gasteiger partial charge on any atom is -0.452 e. The van der Waals surface area contributed by atoms with Crippen LogP contribution >= 0.6 is 11.6 Å². The highest BCUT2D eigenvalue weighted by Crippen LogP contribution is 2.28. The smallest absolute Gasteiger partial charge is 0.341 e. The van der Waals surface area contributed by atoms with Gasteiger partial charge in [-0.3, -0.25) is 9.48 Å². The molecule has 0 bridgehead atoms. The standard InChI is InChI=1S/C19H23ClN4O5S/c1-23-12-14(11-21-23)19(26)29-13-18(25)22-17-10-15(6-7-16(17)20)30(27,28)24-8-4-2-3-5-9-24/h6-7,10-12H,2-5,8-9,13H2,1H3,(H,22,25). The molecule has 30 heavy (non-hydrogen) atoms. The van der Waals surface area contributed by atoms with Crippen molar-refractivity contribution in [1.29, 1.82) is 0 Å². The molecule has 1 saturated heterocycles. The predicted molar refractivity (Wildman–Crippen MR) is 111 cm³/mol. The van der Waals surface area contributed by atoms with Crippen molar-refractivity contribution >= 4 is 39.2 Å². The molecule has 2 aromatic rings. The number of aromatic nitrogens is 2. The van der Waals surface area contributed by atoms with Gasteiger partial charge >= 0.3 is 5.97 Å². The summed E-state index contributed by atoms with van der Waals surface area (Å²) in [6, 6.07) is 4.16. The molecule has 162 valence electrons. The van der Waals surface area contributed by atoms with E-state index in [0.717, 1.165) is 25.7 Å². The zero-order valence-corrected chi connectivity index (χ0v) is 18.1. The summed E-state index contributed by atoms with van der Waals surface area (Å²) >= 11 is 6.12. The SMILES string of the molecule is Cn1cc(C(=O)OCC(=O)Nc2cc(S(=O)(=O)N3CCCCCC3)ccc2Cl)cn1. The summed E-state index contributed by atoms with van der Waals surface area (Å²) in [5.41, 5.74) is 0.351. The Labute approximate surface area is 180 Å². The summed E-state index contributed by atoms with van der Waals surface area (Å²) in [4.78, 5) is 24.1. The van der Waals surface area contributed by atoms with Gasteiger partial charge in [-0.1, -0.05) is 24.4 Å². The van der Waals surface area contributed by atoms with Gasteiger partial charge in [0.25, 0.3) is 5.91 Å². The highest BCUT2D eigenvalue weighted by Gasteiger charge is 2.26. The van der Waals surface area contributed by atoms with Crippen molar-refractivity contribution in [2.24, 2.45) is 7.05 Å². The fraction of sp³-hybridized carbons (Fsp3) is 0.421. The Morgan fingerprint density at radius 3 is 2.53 bits per heavy atom. The third-order valence-corrected chi connectivity index (χ3v) is 6.91. The van der Waals surface area contributed by atoms with E-state index < -0.39 is 28.5 Å². The van der Waals surface area contributed by atoms with Gasteiger partial charge in [-0.25, -0.2) is 13.2 Å². The zero-order chi connectivity index (χ0) is 21.7. The van der Waals surface area contributed by atoms with Crippen molar-refractivity contribution in [3.8, 4) is 0 Å². The van der Waals surface area contributed by atoms with E-state index in [1.165, 1.54) is 39.6 Å². The zero-order valence-electron chi connectivity index (χ0n) is 16.5. The van der Waals surface area contributed by atoms with E-state index in [9.17, 15) is 18.0 Å². The number of nitrogens with one attached hydrogen (secondary N) is 1. The van der Waals surface area contributed by atoms with E-state index in [1.807, 2.05) is 0 Å². The lowest BCUT2D eigenvalue weighted by molar-refractivity contribution is -0.119. The maximum absolute atomic E-state index is 13.0. The Kier molecular flexibility index (Phi) is 7.11. The van der Waals surface area contributed by atoms with Gasteiger partial charge in [-0.2, -0.15) is 9.40 Å². The fourth-order valence-corrected chi connectivity index (χ4v) is 4.83. The maximum atomic E-state index is 13.0. The fourth-order valence-electron chi connectivity index (χ4n) is 3.12. The minimum atomic E-state index is -3.69. The number of amides is 1. The number of sulfonamides is 1. The third-order valence-electron chi connectivity index (χ3n) is 4.69. The van der Waals surface area contributed by atoms with Crippen molar-refractivity contribution < 1.29 is 22.7 Å². The molecule has 0 saturated carbocycles. The highest BCUT2D eigenvalue weighted by atomic mass is 35.5. The van der Waals surface area contributed by atoms with Crippen LogP contribution in [0.2, 0.25) is 5.02 Å². The number of anilines is 1. The number of esters is 1. The van der Waals surface area contributed by atoms with Crippen molar-refractivity contribution in [3.05, 3.63) is 41.2 Å². The molecule has 1 fully saturated rings. The van der Waals surface area contributed by atoms with Gasteiger partial charge in [0.05, 0.1) is 27.4 Å². The molecule has 2 heterocycles. The second kappa shape index (κ2) is 9.59. The predicted octanol–water partition coefficient (Wildman–Crippen LogP) is 2.43. The summed E-state index contributed by atoms with van der Waals surface area (Å²) < 4.78 is 33.8. The normalized spacial score (nSPS) is 15.4. The number of hydrogen-bond acceptors (Lipinski definition) is 6. The van der Waals surface area contributed by atoms with E-state index >= 15 is 0 Å². The summed E-state index contributed by atoms with van der Waals surface area (Å²) in [6.07, 6.45) is 6.44.